The van der Waals surface area contributed by atoms with E-state index in [2.05, 4.69) is 40.6 Å². The van der Waals surface area contributed by atoms with Crippen LogP contribution in [0.3, 0.4) is 0 Å². The highest BCUT2D eigenvalue weighted by Crippen LogP contribution is 2.10. The normalized spacial score (nSPS) is 10.7. The molecule has 17 heavy (non-hydrogen) atoms. The van der Waals surface area contributed by atoms with Crippen LogP contribution in [0.25, 0.3) is 0 Å². The van der Waals surface area contributed by atoms with Gasteiger partial charge in [-0.25, -0.2) is 4.98 Å². The number of rotatable bonds is 5. The molecule has 0 saturated heterocycles. The molecule has 0 bridgehead atoms. The zero-order valence-corrected chi connectivity index (χ0v) is 11.0. The van der Waals surface area contributed by atoms with Gasteiger partial charge in [-0.1, -0.05) is 13.0 Å². The fourth-order valence-corrected chi connectivity index (χ4v) is 2.35. The number of aromatic nitrogens is 2. The summed E-state index contributed by atoms with van der Waals surface area (Å²) in [5.74, 6) is 0. The second-order valence-electron chi connectivity index (χ2n) is 3.96. The predicted octanol–water partition coefficient (Wildman–Crippen LogP) is 2.70. The molecule has 0 saturated carbocycles. The zero-order chi connectivity index (χ0) is 12.1. The molecule has 0 spiro atoms. The van der Waals surface area contributed by atoms with Gasteiger partial charge >= 0.3 is 0 Å². The Morgan fingerprint density at radius 3 is 2.94 bits per heavy atom. The SMILES string of the molecule is CCc1nc(CNCc2ncccc2C)cs1. The lowest BCUT2D eigenvalue weighted by Crippen LogP contribution is -2.14. The summed E-state index contributed by atoms with van der Waals surface area (Å²) in [5, 5.41) is 6.70. The monoisotopic (exact) mass is 247 g/mol. The molecule has 90 valence electrons. The van der Waals surface area contributed by atoms with Crippen LogP contribution in [0.5, 0.6) is 0 Å². The van der Waals surface area contributed by atoms with Gasteiger partial charge in [0.05, 0.1) is 16.4 Å². The highest BCUT2D eigenvalue weighted by atomic mass is 32.1. The summed E-state index contributed by atoms with van der Waals surface area (Å²) in [6.45, 7) is 5.83. The van der Waals surface area contributed by atoms with Crippen molar-refractivity contribution in [2.24, 2.45) is 0 Å². The molecule has 2 aromatic rings. The molecule has 4 heteroatoms. The average molecular weight is 247 g/mol. The van der Waals surface area contributed by atoms with Crippen LogP contribution in [0.2, 0.25) is 0 Å². The van der Waals surface area contributed by atoms with Gasteiger partial charge < -0.3 is 5.32 Å². The summed E-state index contributed by atoms with van der Waals surface area (Å²) in [4.78, 5) is 8.87. The molecule has 0 fully saturated rings. The fraction of sp³-hybridized carbons (Fsp3) is 0.385. The van der Waals surface area contributed by atoms with Crippen molar-refractivity contribution in [1.82, 2.24) is 15.3 Å². The Morgan fingerprint density at radius 2 is 2.24 bits per heavy atom. The maximum atomic E-state index is 4.52. The van der Waals surface area contributed by atoms with Gasteiger partial charge in [0, 0.05) is 24.7 Å². The van der Waals surface area contributed by atoms with Crippen LogP contribution < -0.4 is 5.32 Å². The first-order valence-corrected chi connectivity index (χ1v) is 6.72. The lowest BCUT2D eigenvalue weighted by molar-refractivity contribution is 0.665. The number of thiazole rings is 1. The molecule has 0 aliphatic heterocycles. The average Bonchev–Trinajstić information content (AvgIpc) is 2.80. The smallest absolute Gasteiger partial charge is 0.0926 e. The van der Waals surface area contributed by atoms with E-state index in [1.54, 1.807) is 11.3 Å². The molecule has 0 atom stereocenters. The summed E-state index contributed by atoms with van der Waals surface area (Å²) in [7, 11) is 0. The first-order chi connectivity index (χ1) is 8.29. The third-order valence-electron chi connectivity index (χ3n) is 2.62. The summed E-state index contributed by atoms with van der Waals surface area (Å²) in [6.07, 6.45) is 2.85. The topological polar surface area (TPSA) is 37.8 Å². The molecular weight excluding hydrogens is 230 g/mol. The molecule has 3 nitrogen and oxygen atoms in total. The maximum absolute atomic E-state index is 4.52. The van der Waals surface area contributed by atoms with E-state index in [-0.39, 0.29) is 0 Å². The van der Waals surface area contributed by atoms with Crippen molar-refractivity contribution in [3.63, 3.8) is 0 Å². The minimum atomic E-state index is 0.797. The Balaban J connectivity index is 1.85. The largest absolute Gasteiger partial charge is 0.305 e. The van der Waals surface area contributed by atoms with E-state index >= 15 is 0 Å². The summed E-state index contributed by atoms with van der Waals surface area (Å²) < 4.78 is 0. The molecule has 0 aromatic carbocycles. The van der Waals surface area contributed by atoms with Gasteiger partial charge in [-0.05, 0) is 25.0 Å². The molecule has 2 rings (SSSR count). The van der Waals surface area contributed by atoms with E-state index in [0.717, 1.165) is 30.9 Å². The predicted molar refractivity (Wildman–Crippen MR) is 71.0 cm³/mol. The van der Waals surface area contributed by atoms with E-state index < -0.39 is 0 Å². The van der Waals surface area contributed by atoms with E-state index in [1.807, 2.05) is 12.3 Å². The van der Waals surface area contributed by atoms with Crippen LogP contribution in [-0.4, -0.2) is 9.97 Å². The number of hydrogen-bond donors (Lipinski definition) is 1. The second-order valence-corrected chi connectivity index (χ2v) is 4.90. The van der Waals surface area contributed by atoms with Crippen LogP contribution >= 0.6 is 11.3 Å². The van der Waals surface area contributed by atoms with Gasteiger partial charge in [-0.15, -0.1) is 11.3 Å². The van der Waals surface area contributed by atoms with Gasteiger partial charge in [0.25, 0.3) is 0 Å². The Hall–Kier alpha value is -1.26. The van der Waals surface area contributed by atoms with Crippen LogP contribution in [0.15, 0.2) is 23.7 Å². The molecule has 0 aliphatic rings. The van der Waals surface area contributed by atoms with Crippen molar-refractivity contribution in [3.8, 4) is 0 Å². The van der Waals surface area contributed by atoms with Crippen molar-refractivity contribution in [1.29, 1.82) is 0 Å². The number of hydrogen-bond acceptors (Lipinski definition) is 4. The van der Waals surface area contributed by atoms with E-state index in [9.17, 15) is 0 Å². The van der Waals surface area contributed by atoms with Gasteiger partial charge in [0.1, 0.15) is 0 Å². The van der Waals surface area contributed by atoms with Crippen molar-refractivity contribution in [3.05, 3.63) is 45.7 Å². The molecule has 2 heterocycles. The lowest BCUT2D eigenvalue weighted by Gasteiger charge is -2.04. The minimum Gasteiger partial charge on any atom is -0.305 e. The third-order valence-corrected chi connectivity index (χ3v) is 3.66. The van der Waals surface area contributed by atoms with E-state index in [4.69, 9.17) is 0 Å². The minimum absolute atomic E-state index is 0.797. The van der Waals surface area contributed by atoms with Crippen molar-refractivity contribution < 1.29 is 0 Å². The summed E-state index contributed by atoms with van der Waals surface area (Å²) >= 11 is 1.73. The fourth-order valence-electron chi connectivity index (χ4n) is 1.60. The quantitative estimate of drug-likeness (QED) is 0.882. The molecule has 0 radical (unpaired) electrons. The lowest BCUT2D eigenvalue weighted by atomic mass is 10.2. The first-order valence-electron chi connectivity index (χ1n) is 5.84. The van der Waals surface area contributed by atoms with Crippen LogP contribution in [0.4, 0.5) is 0 Å². The maximum Gasteiger partial charge on any atom is 0.0926 e. The van der Waals surface area contributed by atoms with Gasteiger partial charge in [0.15, 0.2) is 0 Å². The number of nitrogens with one attached hydrogen (secondary N) is 1. The van der Waals surface area contributed by atoms with Crippen molar-refractivity contribution in [2.45, 2.75) is 33.4 Å². The molecule has 0 unspecified atom stereocenters. The van der Waals surface area contributed by atoms with Crippen LogP contribution in [-0.2, 0) is 19.5 Å². The number of nitrogens with zero attached hydrogens (tertiary/aromatic N) is 2. The molecule has 2 aromatic heterocycles. The molecule has 1 N–H and O–H groups in total. The molecule has 0 amide bonds. The standard InChI is InChI=1S/C13H17N3S/c1-3-13-16-11(9-17-13)7-14-8-12-10(2)5-4-6-15-12/h4-6,9,14H,3,7-8H2,1-2H3. The Bertz CT molecular complexity index is 479. The van der Waals surface area contributed by atoms with Crippen molar-refractivity contribution >= 4 is 11.3 Å². The number of pyridine rings is 1. The van der Waals surface area contributed by atoms with Crippen molar-refractivity contribution in [2.75, 3.05) is 0 Å². The van der Waals surface area contributed by atoms with Gasteiger partial charge in [0.2, 0.25) is 0 Å². The van der Waals surface area contributed by atoms with E-state index in [0.29, 0.717) is 0 Å². The Labute approximate surface area is 106 Å². The van der Waals surface area contributed by atoms with Crippen LogP contribution in [0.1, 0.15) is 28.9 Å². The molecule has 0 aliphatic carbocycles. The first kappa shape index (κ1) is 12.2. The summed E-state index contributed by atoms with van der Waals surface area (Å²) in [5.41, 5.74) is 3.46. The summed E-state index contributed by atoms with van der Waals surface area (Å²) in [6, 6.07) is 4.05. The molecular formula is C13H17N3S. The number of aryl methyl sites for hydroxylation is 2. The highest BCUT2D eigenvalue weighted by molar-refractivity contribution is 7.09. The van der Waals surface area contributed by atoms with Gasteiger partial charge in [-0.3, -0.25) is 4.98 Å². The Morgan fingerprint density at radius 1 is 1.35 bits per heavy atom. The van der Waals surface area contributed by atoms with Crippen LogP contribution in [0, 0.1) is 6.92 Å². The van der Waals surface area contributed by atoms with E-state index in [1.165, 1.54) is 10.6 Å². The zero-order valence-electron chi connectivity index (χ0n) is 10.2. The second kappa shape index (κ2) is 5.89. The Kier molecular flexibility index (Phi) is 4.23. The van der Waals surface area contributed by atoms with Gasteiger partial charge in [-0.2, -0.15) is 0 Å². The third kappa shape index (κ3) is 3.35. The highest BCUT2D eigenvalue weighted by Gasteiger charge is 2.01.